The second kappa shape index (κ2) is 11.3. The summed E-state index contributed by atoms with van der Waals surface area (Å²) in [7, 11) is -1.68. The fourth-order valence-electron chi connectivity index (χ4n) is 6.42. The Morgan fingerprint density at radius 2 is 1.95 bits per heavy atom. The lowest BCUT2D eigenvalue weighted by Gasteiger charge is -2.31. The van der Waals surface area contributed by atoms with E-state index < -0.39 is 19.0 Å². The van der Waals surface area contributed by atoms with Crippen molar-refractivity contribution in [2.24, 2.45) is 17.8 Å². The summed E-state index contributed by atoms with van der Waals surface area (Å²) >= 11 is 6.28. The predicted molar refractivity (Wildman–Crippen MR) is 152 cm³/mol. The van der Waals surface area contributed by atoms with Crippen molar-refractivity contribution in [3.05, 3.63) is 69.8 Å². The Morgan fingerprint density at radius 1 is 1.15 bits per heavy atom. The Bertz CT molecular complexity index is 1350. The molecule has 0 saturated carbocycles. The molecule has 204 valence electrons. The maximum Gasteiger partial charge on any atom is 0.488 e. The number of fused-ring (bicyclic) bond motifs is 3. The van der Waals surface area contributed by atoms with E-state index in [9.17, 15) is 24.7 Å². The number of carbonyl (C=O) groups is 2. The van der Waals surface area contributed by atoms with Gasteiger partial charge in [0, 0.05) is 5.92 Å². The van der Waals surface area contributed by atoms with Gasteiger partial charge in [-0.05, 0) is 79.5 Å². The average Bonchev–Trinajstić information content (AvgIpc) is 3.43. The van der Waals surface area contributed by atoms with Crippen molar-refractivity contribution in [3.8, 4) is 5.75 Å². The van der Waals surface area contributed by atoms with Crippen LogP contribution in [0.2, 0.25) is 5.02 Å². The van der Waals surface area contributed by atoms with Crippen LogP contribution in [0.1, 0.15) is 51.5 Å². The minimum Gasteiger partial charge on any atom is -0.508 e. The molecule has 4 atom stereocenters. The maximum absolute atomic E-state index is 13.7. The third-order valence-electron chi connectivity index (χ3n) is 8.17. The Hall–Kier alpha value is -2.91. The minimum atomic E-state index is -1.68. The Kier molecular flexibility index (Phi) is 8.01. The van der Waals surface area contributed by atoms with E-state index in [-0.39, 0.29) is 35.0 Å². The molecule has 2 saturated heterocycles. The van der Waals surface area contributed by atoms with Crippen molar-refractivity contribution in [1.29, 1.82) is 0 Å². The van der Waals surface area contributed by atoms with Crippen molar-refractivity contribution in [3.63, 3.8) is 0 Å². The number of amides is 2. The summed E-state index contributed by atoms with van der Waals surface area (Å²) in [4.78, 5) is 28.5. The Morgan fingerprint density at radius 3 is 2.67 bits per heavy atom. The molecule has 3 aliphatic rings. The molecule has 2 heterocycles. The normalized spacial score (nSPS) is 24.8. The topological polar surface area (TPSA) is 107 Å². The molecule has 5 rings (SSSR count). The van der Waals surface area contributed by atoms with Gasteiger partial charge in [-0.25, -0.2) is 0 Å². The molecule has 0 spiro atoms. The van der Waals surface area contributed by atoms with Crippen LogP contribution in [0.15, 0.2) is 59.2 Å². The number of hydrogen-bond donors (Lipinski definition) is 3. The van der Waals surface area contributed by atoms with Gasteiger partial charge in [-0.3, -0.25) is 14.5 Å². The van der Waals surface area contributed by atoms with E-state index in [0.29, 0.717) is 23.7 Å². The molecule has 2 aromatic rings. The number of hydrogen-bond acceptors (Lipinski definition) is 6. The minimum absolute atomic E-state index is 0.110. The molecule has 0 unspecified atom stereocenters. The number of rotatable bonds is 8. The number of allylic oxidation sites excluding steroid dienone is 2. The van der Waals surface area contributed by atoms with Gasteiger partial charge in [0.1, 0.15) is 5.75 Å². The first-order chi connectivity index (χ1) is 18.7. The molecule has 2 amide bonds. The van der Waals surface area contributed by atoms with E-state index in [1.807, 2.05) is 13.0 Å². The van der Waals surface area contributed by atoms with Crippen LogP contribution in [0.4, 0.5) is 5.69 Å². The molecule has 2 aromatic carbocycles. The highest BCUT2D eigenvalue weighted by atomic mass is 35.5. The number of aromatic hydroxyl groups is 1. The highest BCUT2D eigenvalue weighted by Crippen LogP contribution is 2.51. The quantitative estimate of drug-likeness (QED) is 0.258. The lowest BCUT2D eigenvalue weighted by molar-refractivity contribution is -0.122. The van der Waals surface area contributed by atoms with Crippen LogP contribution in [-0.2, 0) is 14.3 Å². The van der Waals surface area contributed by atoms with Gasteiger partial charge in [0.05, 0.1) is 35.3 Å². The van der Waals surface area contributed by atoms with Gasteiger partial charge in [0.15, 0.2) is 0 Å². The van der Waals surface area contributed by atoms with E-state index in [1.165, 1.54) is 28.2 Å². The third kappa shape index (κ3) is 5.31. The van der Waals surface area contributed by atoms with E-state index >= 15 is 0 Å². The van der Waals surface area contributed by atoms with Crippen LogP contribution >= 0.6 is 11.6 Å². The van der Waals surface area contributed by atoms with Crippen molar-refractivity contribution < 1.29 is 29.5 Å². The number of ether oxygens (including phenoxy) is 1. The number of phenolic OH excluding ortho intramolecular Hbond substituents is 1. The van der Waals surface area contributed by atoms with Gasteiger partial charge in [-0.15, -0.1) is 0 Å². The van der Waals surface area contributed by atoms with Gasteiger partial charge >= 0.3 is 7.12 Å². The zero-order chi connectivity index (χ0) is 27.8. The van der Waals surface area contributed by atoms with Crippen LogP contribution in [0.5, 0.6) is 5.75 Å². The van der Waals surface area contributed by atoms with E-state index in [1.54, 1.807) is 30.3 Å². The van der Waals surface area contributed by atoms with E-state index in [2.05, 4.69) is 6.92 Å². The largest absolute Gasteiger partial charge is 0.508 e. The first kappa shape index (κ1) is 27.7. The lowest BCUT2D eigenvalue weighted by Crippen LogP contribution is -2.35. The summed E-state index contributed by atoms with van der Waals surface area (Å²) in [6.45, 7) is 4.57. The second-order valence-corrected chi connectivity index (χ2v) is 11.2. The van der Waals surface area contributed by atoms with Gasteiger partial charge in [0.2, 0.25) is 11.8 Å². The second-order valence-electron chi connectivity index (χ2n) is 10.8. The SMILES string of the molecule is CCCC1=C2[C@@H](CC/C(C)=C/c3ccc(O)cc3Cl)OC[C@@H]2[C@@H]2C(=O)N(c3cccc(B(O)O)c3)C(=O)[C@@H]2C1. The van der Waals surface area contributed by atoms with Crippen LogP contribution in [-0.4, -0.2) is 46.8 Å². The maximum atomic E-state index is 13.7. The van der Waals surface area contributed by atoms with Crippen molar-refractivity contribution in [2.75, 3.05) is 11.5 Å². The van der Waals surface area contributed by atoms with Gasteiger partial charge in [-0.2, -0.15) is 0 Å². The van der Waals surface area contributed by atoms with Gasteiger partial charge < -0.3 is 19.9 Å². The molecule has 39 heavy (non-hydrogen) atoms. The van der Waals surface area contributed by atoms with Crippen LogP contribution in [0.3, 0.4) is 0 Å². The molecule has 1 aliphatic carbocycles. The summed E-state index contributed by atoms with van der Waals surface area (Å²) in [5.74, 6) is -1.39. The standard InChI is InChI=1S/C30H33BClNO6/c1-3-5-19-13-23-28(30(36)33(29(23)35)21-7-4-6-20(14-21)31(37)38)24-16-39-26(27(19)24)11-8-17(2)12-18-9-10-22(34)15-25(18)32/h4,6-7,9-10,12,14-15,23-24,26,28,34,37-38H,3,5,8,11,13,16H2,1-2H3/b17-12+/t23-,24+,26-,28-/m1/s1. The van der Waals surface area contributed by atoms with Crippen LogP contribution in [0.25, 0.3) is 6.08 Å². The summed E-state index contributed by atoms with van der Waals surface area (Å²) in [5, 5.41) is 29.3. The van der Waals surface area contributed by atoms with Crippen molar-refractivity contribution in [2.45, 2.75) is 52.1 Å². The molecule has 0 aromatic heterocycles. The fraction of sp³-hybridized carbons (Fsp3) is 0.400. The molecular weight excluding hydrogens is 517 g/mol. The zero-order valence-electron chi connectivity index (χ0n) is 22.1. The molecular formula is C30H33BClNO6. The lowest BCUT2D eigenvalue weighted by atomic mass is 9.68. The monoisotopic (exact) mass is 549 g/mol. The zero-order valence-corrected chi connectivity index (χ0v) is 22.9. The number of benzene rings is 2. The first-order valence-electron chi connectivity index (χ1n) is 13.5. The van der Waals surface area contributed by atoms with E-state index in [0.717, 1.165) is 36.8 Å². The highest BCUT2D eigenvalue weighted by Gasteiger charge is 2.57. The number of halogens is 1. The Balaban J connectivity index is 1.37. The highest BCUT2D eigenvalue weighted by molar-refractivity contribution is 6.58. The summed E-state index contributed by atoms with van der Waals surface area (Å²) in [6, 6.07) is 11.2. The van der Waals surface area contributed by atoms with Crippen molar-refractivity contribution >= 4 is 47.8 Å². The molecule has 2 fully saturated rings. The smallest absolute Gasteiger partial charge is 0.488 e. The molecule has 3 N–H and O–H groups in total. The van der Waals surface area contributed by atoms with E-state index in [4.69, 9.17) is 16.3 Å². The average molecular weight is 550 g/mol. The molecule has 9 heteroatoms. The van der Waals surface area contributed by atoms with Crippen molar-refractivity contribution in [1.82, 2.24) is 0 Å². The van der Waals surface area contributed by atoms with Gasteiger partial charge in [-0.1, -0.05) is 54.3 Å². The molecule has 2 aliphatic heterocycles. The summed E-state index contributed by atoms with van der Waals surface area (Å²) < 4.78 is 6.31. The number of nitrogens with zero attached hydrogens (tertiary/aromatic N) is 1. The molecule has 0 bridgehead atoms. The number of carbonyl (C=O) groups excluding carboxylic acids is 2. The number of imide groups is 1. The van der Waals surface area contributed by atoms with Gasteiger partial charge in [0.25, 0.3) is 0 Å². The first-order valence-corrected chi connectivity index (χ1v) is 13.9. The summed E-state index contributed by atoms with van der Waals surface area (Å²) in [5.41, 5.74) is 5.00. The number of phenols is 1. The van der Waals surface area contributed by atoms with Crippen LogP contribution in [0, 0.1) is 17.8 Å². The molecule has 7 nitrogen and oxygen atoms in total. The number of anilines is 1. The summed E-state index contributed by atoms with van der Waals surface area (Å²) in [6.07, 6.45) is 5.79. The Labute approximate surface area is 233 Å². The third-order valence-corrected chi connectivity index (χ3v) is 8.50. The predicted octanol–water partition coefficient (Wildman–Crippen LogP) is 4.23. The molecule has 0 radical (unpaired) electrons. The van der Waals surface area contributed by atoms with Crippen LogP contribution < -0.4 is 10.4 Å². The fourth-order valence-corrected chi connectivity index (χ4v) is 6.65.